The van der Waals surface area contributed by atoms with E-state index in [0.29, 0.717) is 29.0 Å². The minimum atomic E-state index is -0.550. The van der Waals surface area contributed by atoms with Gasteiger partial charge in [-0.2, -0.15) is 0 Å². The molecule has 3 saturated carbocycles. The summed E-state index contributed by atoms with van der Waals surface area (Å²) in [6, 6.07) is 0. The van der Waals surface area contributed by atoms with Crippen molar-refractivity contribution in [3.63, 3.8) is 0 Å². The summed E-state index contributed by atoms with van der Waals surface area (Å²) in [5, 5.41) is 10.1. The molecule has 0 aromatic heterocycles. The second-order valence-corrected chi connectivity index (χ2v) is 13.0. The number of hydrogen-bond donors (Lipinski definition) is 1. The molecule has 2 heteroatoms. The van der Waals surface area contributed by atoms with Gasteiger partial charge in [0.25, 0.3) is 0 Å². The van der Waals surface area contributed by atoms with Gasteiger partial charge < -0.3 is 5.11 Å². The Balaban J connectivity index is 1.52. The Morgan fingerprint density at radius 1 is 1.13 bits per heavy atom. The van der Waals surface area contributed by atoms with Crippen LogP contribution in [0.3, 0.4) is 0 Å². The first kappa shape index (κ1) is 22.6. The molecule has 0 spiro atoms. The second kappa shape index (κ2) is 7.75. The lowest BCUT2D eigenvalue weighted by atomic mass is 9.46. The molecule has 8 atom stereocenters. The van der Waals surface area contributed by atoms with Crippen LogP contribution in [0.15, 0.2) is 11.6 Å². The molecule has 3 fully saturated rings. The van der Waals surface area contributed by atoms with Crippen molar-refractivity contribution in [2.75, 3.05) is 0 Å². The maximum Gasteiger partial charge on any atom is 0.159 e. The highest BCUT2D eigenvalue weighted by Crippen LogP contribution is 2.66. The van der Waals surface area contributed by atoms with E-state index in [-0.39, 0.29) is 11.3 Å². The molecule has 0 aromatic carbocycles. The average Bonchev–Trinajstić information content (AvgIpc) is 2.99. The van der Waals surface area contributed by atoms with Crippen LogP contribution < -0.4 is 0 Å². The van der Waals surface area contributed by atoms with Crippen molar-refractivity contribution in [1.82, 2.24) is 0 Å². The zero-order chi connectivity index (χ0) is 21.9. The lowest BCUT2D eigenvalue weighted by Crippen LogP contribution is -2.53. The van der Waals surface area contributed by atoms with Crippen molar-refractivity contribution in [2.24, 2.45) is 46.3 Å². The number of aliphatic hydroxyl groups is 1. The first-order valence-electron chi connectivity index (χ1n) is 12.9. The number of rotatable bonds is 5. The first-order valence-corrected chi connectivity index (χ1v) is 12.9. The molecule has 0 bridgehead atoms. The summed E-state index contributed by atoms with van der Waals surface area (Å²) in [5.41, 5.74) is 1.55. The number of carbonyl (C=O) groups excluding carboxylic acids is 1. The third-order valence-electron chi connectivity index (χ3n) is 10.4. The Labute approximate surface area is 185 Å². The van der Waals surface area contributed by atoms with Gasteiger partial charge in [0.15, 0.2) is 5.78 Å². The topological polar surface area (TPSA) is 37.3 Å². The molecule has 4 unspecified atom stereocenters. The smallest absolute Gasteiger partial charge is 0.159 e. The van der Waals surface area contributed by atoms with E-state index in [0.717, 1.165) is 31.1 Å². The fraction of sp³-hybridized carbons (Fsp3) is 0.893. The summed E-state index contributed by atoms with van der Waals surface area (Å²) in [6.45, 7) is 13.7. The van der Waals surface area contributed by atoms with Gasteiger partial charge in [0, 0.05) is 5.92 Å². The van der Waals surface area contributed by atoms with Crippen LogP contribution in [0.25, 0.3) is 0 Å². The maximum atomic E-state index is 13.5. The molecular weight excluding hydrogens is 368 g/mol. The van der Waals surface area contributed by atoms with Crippen molar-refractivity contribution in [2.45, 2.75) is 111 Å². The molecule has 4 aliphatic rings. The molecule has 0 saturated heterocycles. The van der Waals surface area contributed by atoms with Crippen molar-refractivity contribution in [1.29, 1.82) is 0 Å². The van der Waals surface area contributed by atoms with Crippen LogP contribution in [0.2, 0.25) is 0 Å². The summed E-state index contributed by atoms with van der Waals surface area (Å²) in [5.74, 6) is 4.09. The van der Waals surface area contributed by atoms with E-state index in [4.69, 9.17) is 0 Å². The molecule has 170 valence electrons. The molecule has 0 aliphatic heterocycles. The zero-order valence-corrected chi connectivity index (χ0v) is 20.5. The minimum Gasteiger partial charge on any atom is -0.390 e. The van der Waals surface area contributed by atoms with E-state index in [1.54, 1.807) is 0 Å². The third-order valence-corrected chi connectivity index (χ3v) is 10.4. The number of ketones is 1. The standard InChI is InChI=1S/C28H46O2/c1-18-11-14-27(5)20(16-18)17-24(29)25-22-10-9-21(28(22,6)15-12-23(25)27)19(2)8-7-13-26(3,4)30/h17-19,21-23,25,30H,7-16H2,1-6H3/t18-,19+,21?,22?,23?,25?,27-,28+/m0/s1. The number of carbonyl (C=O) groups is 1. The van der Waals surface area contributed by atoms with Crippen LogP contribution in [-0.4, -0.2) is 16.5 Å². The fourth-order valence-electron chi connectivity index (χ4n) is 8.62. The van der Waals surface area contributed by atoms with Crippen LogP contribution in [0.4, 0.5) is 0 Å². The van der Waals surface area contributed by atoms with Gasteiger partial charge in [-0.05, 0) is 112 Å². The molecule has 4 rings (SSSR count). The first-order chi connectivity index (χ1) is 14.0. The highest BCUT2D eigenvalue weighted by molar-refractivity contribution is 5.94. The van der Waals surface area contributed by atoms with E-state index in [9.17, 15) is 9.90 Å². The van der Waals surface area contributed by atoms with E-state index in [1.165, 1.54) is 50.5 Å². The molecule has 0 radical (unpaired) electrons. The zero-order valence-electron chi connectivity index (χ0n) is 20.5. The fourth-order valence-corrected chi connectivity index (χ4v) is 8.62. The number of allylic oxidation sites excluding steroid dienone is 2. The Morgan fingerprint density at radius 2 is 1.87 bits per heavy atom. The van der Waals surface area contributed by atoms with E-state index < -0.39 is 5.60 Å². The van der Waals surface area contributed by atoms with Gasteiger partial charge in [-0.3, -0.25) is 4.79 Å². The quantitative estimate of drug-likeness (QED) is 0.528. The molecule has 1 N–H and O–H groups in total. The summed E-state index contributed by atoms with van der Waals surface area (Å²) < 4.78 is 0. The molecule has 0 aromatic rings. The highest BCUT2D eigenvalue weighted by Gasteiger charge is 2.61. The summed E-state index contributed by atoms with van der Waals surface area (Å²) in [4.78, 5) is 13.5. The Morgan fingerprint density at radius 3 is 2.57 bits per heavy atom. The van der Waals surface area contributed by atoms with Gasteiger partial charge in [-0.25, -0.2) is 0 Å². The minimum absolute atomic E-state index is 0.277. The number of hydrogen-bond acceptors (Lipinski definition) is 2. The van der Waals surface area contributed by atoms with Crippen molar-refractivity contribution in [3.05, 3.63) is 11.6 Å². The van der Waals surface area contributed by atoms with Crippen LogP contribution in [0, 0.1) is 46.3 Å². The predicted molar refractivity (Wildman–Crippen MR) is 124 cm³/mol. The third kappa shape index (κ3) is 3.74. The van der Waals surface area contributed by atoms with Crippen LogP contribution in [0.5, 0.6) is 0 Å². The van der Waals surface area contributed by atoms with Gasteiger partial charge in [-0.15, -0.1) is 0 Å². The van der Waals surface area contributed by atoms with Crippen LogP contribution >= 0.6 is 0 Å². The normalized spacial score (nSPS) is 44.7. The molecule has 30 heavy (non-hydrogen) atoms. The van der Waals surface area contributed by atoms with Gasteiger partial charge in [0.1, 0.15) is 0 Å². The van der Waals surface area contributed by atoms with Crippen LogP contribution in [-0.2, 0) is 4.79 Å². The average molecular weight is 415 g/mol. The van der Waals surface area contributed by atoms with E-state index in [2.05, 4.69) is 33.8 Å². The van der Waals surface area contributed by atoms with Gasteiger partial charge in [0.05, 0.1) is 5.60 Å². The van der Waals surface area contributed by atoms with Crippen molar-refractivity contribution in [3.8, 4) is 0 Å². The van der Waals surface area contributed by atoms with E-state index in [1.807, 2.05) is 13.8 Å². The van der Waals surface area contributed by atoms with E-state index >= 15 is 0 Å². The molecular formula is C28H46O2. The summed E-state index contributed by atoms with van der Waals surface area (Å²) >= 11 is 0. The summed E-state index contributed by atoms with van der Waals surface area (Å²) in [6.07, 6.45) is 14.2. The lowest BCUT2D eigenvalue weighted by molar-refractivity contribution is -0.134. The van der Waals surface area contributed by atoms with Crippen molar-refractivity contribution < 1.29 is 9.90 Å². The Bertz CT molecular complexity index is 700. The molecule has 2 nitrogen and oxygen atoms in total. The highest BCUT2D eigenvalue weighted by atomic mass is 16.3. The molecule has 0 amide bonds. The van der Waals surface area contributed by atoms with Crippen molar-refractivity contribution >= 4 is 5.78 Å². The van der Waals surface area contributed by atoms with Gasteiger partial charge in [0.2, 0.25) is 0 Å². The summed E-state index contributed by atoms with van der Waals surface area (Å²) in [7, 11) is 0. The SMILES string of the molecule is C[C@H]1CC[C@@]2(C)C(=CC(=O)C3C4CCC([C@H](C)CCCC(C)(C)O)[C@@]4(C)CCC32)C1. The predicted octanol–water partition coefficient (Wildman–Crippen LogP) is 6.96. The van der Waals surface area contributed by atoms with Gasteiger partial charge in [-0.1, -0.05) is 46.1 Å². The molecule has 0 heterocycles. The second-order valence-electron chi connectivity index (χ2n) is 13.0. The van der Waals surface area contributed by atoms with Crippen LogP contribution in [0.1, 0.15) is 106 Å². The monoisotopic (exact) mass is 414 g/mol. The Kier molecular flexibility index (Phi) is 5.83. The molecule has 4 aliphatic carbocycles. The largest absolute Gasteiger partial charge is 0.390 e. The lowest BCUT2D eigenvalue weighted by Gasteiger charge is -2.57. The Hall–Kier alpha value is -0.630. The number of fused-ring (bicyclic) bond motifs is 5. The maximum absolute atomic E-state index is 13.5. The van der Waals surface area contributed by atoms with Gasteiger partial charge >= 0.3 is 0 Å².